The first-order valence-corrected chi connectivity index (χ1v) is 10.5. The number of aromatic nitrogens is 5. The second-order valence-corrected chi connectivity index (χ2v) is 8.07. The van der Waals surface area contributed by atoms with E-state index in [-0.39, 0.29) is 19.0 Å². The molecule has 0 unspecified atom stereocenters. The molecular weight excluding hydrogens is 442 g/mol. The van der Waals surface area contributed by atoms with Crippen molar-refractivity contribution in [2.45, 2.75) is 26.0 Å². The second kappa shape index (κ2) is 9.55. The molecule has 1 aliphatic heterocycles. The number of benzene rings is 1. The van der Waals surface area contributed by atoms with E-state index in [4.69, 9.17) is 12.7 Å². The molecule has 2 N–H and O–H groups in total. The lowest BCUT2D eigenvalue weighted by molar-refractivity contribution is -0.119. The van der Waals surface area contributed by atoms with E-state index in [0.29, 0.717) is 41.4 Å². The van der Waals surface area contributed by atoms with Crippen LogP contribution in [0.3, 0.4) is 0 Å². The Morgan fingerprint density at radius 1 is 1.32 bits per heavy atom. The Balaban J connectivity index is 1.48. The van der Waals surface area contributed by atoms with Crippen molar-refractivity contribution in [3.05, 3.63) is 42.3 Å². The molecule has 34 heavy (non-hydrogen) atoms. The molecule has 0 aliphatic carbocycles. The Bertz CT molecular complexity index is 1200. The number of amides is 2. The van der Waals surface area contributed by atoms with Crippen LogP contribution in [-0.2, 0) is 16.1 Å². The Morgan fingerprint density at radius 3 is 2.82 bits per heavy atom. The lowest BCUT2D eigenvalue weighted by atomic mass is 10.0. The molecular formula is C21H22BFN8O3. The molecule has 0 saturated carbocycles. The molecule has 3 aromatic rings. The van der Waals surface area contributed by atoms with Crippen LogP contribution in [0.2, 0.25) is 0 Å². The fraction of sp³-hybridized carbons (Fsp3) is 0.333. The summed E-state index contributed by atoms with van der Waals surface area (Å²) in [5.74, 6) is -0.405. The minimum atomic E-state index is -0.908. The largest absolute Gasteiger partial charge is 0.439 e. The minimum absolute atomic E-state index is 0.162. The summed E-state index contributed by atoms with van der Waals surface area (Å²) in [6.07, 6.45) is 0.915. The number of hydrogen-bond acceptors (Lipinski definition) is 8. The van der Waals surface area contributed by atoms with Crippen LogP contribution in [0.4, 0.5) is 14.9 Å². The molecule has 1 saturated heterocycles. The van der Waals surface area contributed by atoms with Crippen molar-refractivity contribution >= 4 is 25.7 Å². The van der Waals surface area contributed by atoms with Gasteiger partial charge in [-0.3, -0.25) is 14.7 Å². The highest BCUT2D eigenvalue weighted by molar-refractivity contribution is 6.04. The van der Waals surface area contributed by atoms with Gasteiger partial charge in [0.2, 0.25) is 11.7 Å². The average Bonchev–Trinajstić information content (AvgIpc) is 3.41. The van der Waals surface area contributed by atoms with Crippen molar-refractivity contribution in [2.75, 3.05) is 24.5 Å². The van der Waals surface area contributed by atoms with Gasteiger partial charge in [-0.1, -0.05) is 6.07 Å². The molecule has 11 nitrogen and oxygen atoms in total. The highest BCUT2D eigenvalue weighted by Crippen LogP contribution is 2.31. The molecule has 1 aliphatic rings. The second-order valence-electron chi connectivity index (χ2n) is 8.07. The van der Waals surface area contributed by atoms with Crippen LogP contribution < -0.4 is 15.4 Å². The lowest BCUT2D eigenvalue weighted by Crippen LogP contribution is -2.43. The van der Waals surface area contributed by atoms with Gasteiger partial charge >= 0.3 is 6.09 Å². The van der Waals surface area contributed by atoms with E-state index in [0.717, 1.165) is 0 Å². The summed E-state index contributed by atoms with van der Waals surface area (Å²) < 4.78 is 20.4. The van der Waals surface area contributed by atoms with Gasteiger partial charge in [0.25, 0.3) is 0 Å². The molecule has 2 radical (unpaired) electrons. The number of ether oxygens (including phenoxy) is 1. The smallest absolute Gasteiger partial charge is 0.415 e. The summed E-state index contributed by atoms with van der Waals surface area (Å²) in [7, 11) is 5.24. The zero-order valence-electron chi connectivity index (χ0n) is 18.7. The van der Waals surface area contributed by atoms with Gasteiger partial charge in [-0.15, -0.1) is 10.2 Å². The summed E-state index contributed by atoms with van der Waals surface area (Å²) >= 11 is 0. The summed E-state index contributed by atoms with van der Waals surface area (Å²) in [4.78, 5) is 30.6. The molecule has 1 atom stereocenters. The maximum absolute atomic E-state index is 15.0. The zero-order chi connectivity index (χ0) is 24.3. The fourth-order valence-electron chi connectivity index (χ4n) is 3.49. The standard InChI is InChI=1S/C21H22BFN8O3/c1-13(32)25-11-21(2)12-30(20(33)34-21)15-4-5-16(17(23)9-15)14-3-6-18(24-10-14)19-27-29-31(28-19)8-7-26-22/h3-6,9-10,26H,7-8,11-12H2,1-2H3,(H,25,32)/t21-/m0/s1. The first-order chi connectivity index (χ1) is 16.3. The monoisotopic (exact) mass is 464 g/mol. The Kier molecular flexibility index (Phi) is 6.55. The van der Waals surface area contributed by atoms with Crippen LogP contribution in [0.5, 0.6) is 0 Å². The van der Waals surface area contributed by atoms with Gasteiger partial charge in [-0.25, -0.2) is 9.18 Å². The van der Waals surface area contributed by atoms with Crippen molar-refractivity contribution in [3.63, 3.8) is 0 Å². The highest BCUT2D eigenvalue weighted by atomic mass is 19.1. The van der Waals surface area contributed by atoms with Crippen molar-refractivity contribution in [1.29, 1.82) is 0 Å². The van der Waals surface area contributed by atoms with Gasteiger partial charge < -0.3 is 15.3 Å². The molecule has 1 fully saturated rings. The van der Waals surface area contributed by atoms with Crippen LogP contribution in [-0.4, -0.2) is 70.4 Å². The van der Waals surface area contributed by atoms with Crippen molar-refractivity contribution in [3.8, 4) is 22.6 Å². The summed E-state index contributed by atoms with van der Waals surface area (Å²) in [5.41, 5.74) is 0.809. The first kappa shape index (κ1) is 23.3. The SMILES string of the molecule is [B]NCCn1nnc(-c2ccc(-c3ccc(N4C[C@](C)(CNC(C)=O)OC4=O)cc3F)cn2)n1. The van der Waals surface area contributed by atoms with Crippen molar-refractivity contribution < 1.29 is 18.7 Å². The fourth-order valence-corrected chi connectivity index (χ4v) is 3.49. The molecule has 0 spiro atoms. The molecule has 2 amide bonds. The number of hydrogen-bond donors (Lipinski definition) is 2. The summed E-state index contributed by atoms with van der Waals surface area (Å²) in [6, 6.07) is 7.86. The van der Waals surface area contributed by atoms with Gasteiger partial charge in [0.15, 0.2) is 7.98 Å². The number of nitrogens with one attached hydrogen (secondary N) is 2. The van der Waals surface area contributed by atoms with Crippen LogP contribution >= 0.6 is 0 Å². The number of anilines is 1. The highest BCUT2D eigenvalue weighted by Gasteiger charge is 2.42. The van der Waals surface area contributed by atoms with Gasteiger partial charge in [0, 0.05) is 30.8 Å². The Labute approximate surface area is 196 Å². The third-order valence-corrected chi connectivity index (χ3v) is 5.23. The molecule has 3 heterocycles. The van der Waals surface area contributed by atoms with E-state index in [1.165, 1.54) is 28.9 Å². The molecule has 174 valence electrons. The third-order valence-electron chi connectivity index (χ3n) is 5.23. The summed E-state index contributed by atoms with van der Waals surface area (Å²) in [5, 5.41) is 17.3. The Hall–Kier alpha value is -3.87. The molecule has 2 aromatic heterocycles. The van der Waals surface area contributed by atoms with Gasteiger partial charge in [0.05, 0.1) is 25.3 Å². The van der Waals surface area contributed by atoms with E-state index in [1.807, 2.05) is 0 Å². The van der Waals surface area contributed by atoms with Crippen molar-refractivity contribution in [2.24, 2.45) is 0 Å². The van der Waals surface area contributed by atoms with Gasteiger partial charge in [-0.2, -0.15) is 4.80 Å². The van der Waals surface area contributed by atoms with E-state index in [1.54, 1.807) is 31.2 Å². The zero-order valence-corrected chi connectivity index (χ0v) is 18.7. The maximum Gasteiger partial charge on any atom is 0.415 e. The van der Waals surface area contributed by atoms with Crippen LogP contribution in [0.15, 0.2) is 36.5 Å². The van der Waals surface area contributed by atoms with Gasteiger partial charge in [0.1, 0.15) is 17.1 Å². The molecule has 0 bridgehead atoms. The number of rotatable bonds is 8. The van der Waals surface area contributed by atoms with E-state index in [2.05, 4.69) is 30.9 Å². The Morgan fingerprint density at radius 2 is 2.15 bits per heavy atom. The maximum atomic E-state index is 15.0. The third kappa shape index (κ3) is 5.04. The van der Waals surface area contributed by atoms with Gasteiger partial charge in [-0.05, 0) is 36.4 Å². The van der Waals surface area contributed by atoms with E-state index >= 15 is 0 Å². The van der Waals surface area contributed by atoms with Crippen molar-refractivity contribution in [1.82, 2.24) is 35.7 Å². The number of nitrogens with zero attached hydrogens (tertiary/aromatic N) is 6. The predicted molar refractivity (Wildman–Crippen MR) is 121 cm³/mol. The number of pyridine rings is 1. The van der Waals surface area contributed by atoms with Crippen LogP contribution in [0, 0.1) is 5.82 Å². The number of carbonyl (C=O) groups excluding carboxylic acids is 2. The average molecular weight is 464 g/mol. The van der Waals surface area contributed by atoms with Crippen LogP contribution in [0.1, 0.15) is 13.8 Å². The predicted octanol–water partition coefficient (Wildman–Crippen LogP) is 1.07. The number of carbonyl (C=O) groups is 2. The molecule has 1 aromatic carbocycles. The normalized spacial score (nSPS) is 17.6. The lowest BCUT2D eigenvalue weighted by Gasteiger charge is -2.21. The molecule has 13 heteroatoms. The first-order valence-electron chi connectivity index (χ1n) is 10.5. The van der Waals surface area contributed by atoms with E-state index < -0.39 is 17.5 Å². The number of halogens is 1. The van der Waals surface area contributed by atoms with E-state index in [9.17, 15) is 14.0 Å². The summed E-state index contributed by atoms with van der Waals surface area (Å²) in [6.45, 7) is 4.37. The molecule has 4 rings (SSSR count). The number of cyclic esters (lactones) is 1. The number of tetrazole rings is 1. The minimum Gasteiger partial charge on any atom is -0.439 e. The topological polar surface area (TPSA) is 127 Å². The quantitative estimate of drug-likeness (QED) is 0.474. The van der Waals surface area contributed by atoms with Crippen LogP contribution in [0.25, 0.3) is 22.6 Å².